The molecule has 4 nitrogen and oxygen atoms in total. The van der Waals surface area contributed by atoms with Gasteiger partial charge in [0.25, 0.3) is 0 Å². The number of aromatic nitrogens is 2. The van der Waals surface area contributed by atoms with Crippen molar-refractivity contribution in [2.45, 2.75) is 45.8 Å². The van der Waals surface area contributed by atoms with Crippen molar-refractivity contribution in [2.24, 2.45) is 11.8 Å². The van der Waals surface area contributed by atoms with Gasteiger partial charge in [-0.3, -0.25) is 0 Å². The summed E-state index contributed by atoms with van der Waals surface area (Å²) < 4.78 is 6.09. The van der Waals surface area contributed by atoms with Crippen molar-refractivity contribution in [3.05, 3.63) is 18.1 Å². The maximum Gasteiger partial charge on any atom is 0.221 e. The highest BCUT2D eigenvalue weighted by Gasteiger charge is 2.26. The fraction of sp³-hybridized carbons (Fsp3) is 0.714. The Morgan fingerprint density at radius 1 is 1.28 bits per heavy atom. The minimum absolute atomic E-state index is 0.300. The van der Waals surface area contributed by atoms with Crippen molar-refractivity contribution in [3.8, 4) is 5.88 Å². The summed E-state index contributed by atoms with van der Waals surface area (Å²) in [6.45, 7) is 5.36. The first-order valence-corrected chi connectivity index (χ1v) is 6.79. The van der Waals surface area contributed by atoms with Crippen molar-refractivity contribution < 1.29 is 4.74 Å². The second-order valence-corrected chi connectivity index (χ2v) is 5.54. The van der Waals surface area contributed by atoms with Gasteiger partial charge in [0.2, 0.25) is 5.88 Å². The molecule has 2 atom stereocenters. The van der Waals surface area contributed by atoms with Crippen LogP contribution in [0, 0.1) is 11.8 Å². The van der Waals surface area contributed by atoms with Crippen LogP contribution in [0.15, 0.2) is 12.5 Å². The van der Waals surface area contributed by atoms with Crippen LogP contribution in [0.25, 0.3) is 0 Å². The topological polar surface area (TPSA) is 47.0 Å². The van der Waals surface area contributed by atoms with Crippen molar-refractivity contribution in [3.63, 3.8) is 0 Å². The molecule has 0 bridgehead atoms. The van der Waals surface area contributed by atoms with E-state index in [9.17, 15) is 0 Å². The predicted octanol–water partition coefficient (Wildman–Crippen LogP) is 2.40. The molecule has 100 valence electrons. The number of hydrogen-bond donors (Lipinski definition) is 1. The molecule has 0 amide bonds. The molecule has 1 N–H and O–H groups in total. The molecule has 1 aromatic heterocycles. The summed E-state index contributed by atoms with van der Waals surface area (Å²) in [6, 6.07) is 0. The van der Waals surface area contributed by atoms with Gasteiger partial charge >= 0.3 is 0 Å². The maximum absolute atomic E-state index is 6.09. The summed E-state index contributed by atoms with van der Waals surface area (Å²) >= 11 is 0. The molecule has 1 aliphatic carbocycles. The van der Waals surface area contributed by atoms with Crippen molar-refractivity contribution in [1.29, 1.82) is 0 Å². The first-order valence-electron chi connectivity index (χ1n) is 6.79. The largest absolute Gasteiger partial charge is 0.474 e. The van der Waals surface area contributed by atoms with Gasteiger partial charge in [-0.2, -0.15) is 0 Å². The van der Waals surface area contributed by atoms with E-state index in [1.165, 1.54) is 6.42 Å². The van der Waals surface area contributed by atoms with E-state index in [2.05, 4.69) is 29.1 Å². The summed E-state index contributed by atoms with van der Waals surface area (Å²) in [5.41, 5.74) is 1.03. The van der Waals surface area contributed by atoms with Gasteiger partial charge < -0.3 is 10.1 Å². The van der Waals surface area contributed by atoms with Crippen molar-refractivity contribution >= 4 is 0 Å². The number of rotatable bonds is 4. The number of nitrogens with zero attached hydrogens (tertiary/aromatic N) is 2. The molecule has 0 aliphatic heterocycles. The van der Waals surface area contributed by atoms with E-state index in [1.54, 1.807) is 6.33 Å². The third-order valence-corrected chi connectivity index (χ3v) is 3.53. The van der Waals surface area contributed by atoms with Crippen LogP contribution >= 0.6 is 0 Å². The minimum atomic E-state index is 0.300. The quantitative estimate of drug-likeness (QED) is 0.890. The second kappa shape index (κ2) is 6.14. The fourth-order valence-electron chi connectivity index (χ4n) is 2.89. The van der Waals surface area contributed by atoms with E-state index >= 15 is 0 Å². The van der Waals surface area contributed by atoms with E-state index in [0.717, 1.165) is 42.7 Å². The lowest BCUT2D eigenvalue weighted by molar-refractivity contribution is 0.0954. The SMILES string of the molecule is CNCc1cncnc1OC1CC(C)CC(C)C1. The molecule has 1 heterocycles. The molecular formula is C14H23N3O. The monoisotopic (exact) mass is 249 g/mol. The smallest absolute Gasteiger partial charge is 0.221 e. The summed E-state index contributed by atoms with van der Waals surface area (Å²) in [5.74, 6) is 2.23. The molecule has 18 heavy (non-hydrogen) atoms. The van der Waals surface area contributed by atoms with Gasteiger partial charge in [0.15, 0.2) is 0 Å². The average Bonchev–Trinajstić information content (AvgIpc) is 2.30. The molecule has 1 fully saturated rings. The van der Waals surface area contributed by atoms with Crippen LogP contribution in [0.3, 0.4) is 0 Å². The molecule has 0 aromatic carbocycles. The molecule has 0 saturated heterocycles. The Morgan fingerprint density at radius 3 is 2.67 bits per heavy atom. The van der Waals surface area contributed by atoms with Gasteiger partial charge in [0.05, 0.1) is 0 Å². The van der Waals surface area contributed by atoms with Gasteiger partial charge in [0.1, 0.15) is 12.4 Å². The summed E-state index contributed by atoms with van der Waals surface area (Å²) in [5, 5.41) is 3.12. The predicted molar refractivity (Wildman–Crippen MR) is 71.4 cm³/mol. The van der Waals surface area contributed by atoms with Crippen LogP contribution in [-0.2, 0) is 6.54 Å². The maximum atomic E-state index is 6.09. The zero-order valence-corrected chi connectivity index (χ0v) is 11.5. The lowest BCUT2D eigenvalue weighted by Gasteiger charge is -2.31. The van der Waals surface area contributed by atoms with Crippen LogP contribution in [0.4, 0.5) is 0 Å². The summed E-state index contributed by atoms with van der Waals surface area (Å²) in [6.07, 6.45) is 7.26. The Kier molecular flexibility index (Phi) is 4.53. The van der Waals surface area contributed by atoms with E-state index in [-0.39, 0.29) is 0 Å². The Balaban J connectivity index is 2.04. The standard InChI is InChI=1S/C14H23N3O/c1-10-4-11(2)6-13(5-10)18-14-12(7-15-3)8-16-9-17-14/h8-11,13,15H,4-7H2,1-3H3. The Bertz CT molecular complexity index is 373. The van der Waals surface area contributed by atoms with Crippen LogP contribution in [0.5, 0.6) is 5.88 Å². The van der Waals surface area contributed by atoms with Gasteiger partial charge in [-0.1, -0.05) is 13.8 Å². The third kappa shape index (κ3) is 3.42. The van der Waals surface area contributed by atoms with Crippen LogP contribution in [0.1, 0.15) is 38.7 Å². The molecule has 1 aliphatic rings. The van der Waals surface area contributed by atoms with E-state index in [0.29, 0.717) is 6.10 Å². The summed E-state index contributed by atoms with van der Waals surface area (Å²) in [7, 11) is 1.92. The van der Waals surface area contributed by atoms with Crippen LogP contribution < -0.4 is 10.1 Å². The van der Waals surface area contributed by atoms with E-state index < -0.39 is 0 Å². The van der Waals surface area contributed by atoms with Crippen molar-refractivity contribution in [2.75, 3.05) is 7.05 Å². The molecule has 2 unspecified atom stereocenters. The first-order chi connectivity index (χ1) is 8.69. The number of hydrogen-bond acceptors (Lipinski definition) is 4. The molecule has 0 spiro atoms. The van der Waals surface area contributed by atoms with Gasteiger partial charge in [-0.05, 0) is 38.1 Å². The van der Waals surface area contributed by atoms with Crippen LogP contribution in [0.2, 0.25) is 0 Å². The zero-order chi connectivity index (χ0) is 13.0. The van der Waals surface area contributed by atoms with Gasteiger partial charge in [-0.15, -0.1) is 0 Å². The molecule has 0 radical (unpaired) electrons. The third-order valence-electron chi connectivity index (χ3n) is 3.53. The molecule has 2 rings (SSSR count). The molecular weight excluding hydrogens is 226 g/mol. The lowest BCUT2D eigenvalue weighted by Crippen LogP contribution is -2.29. The number of nitrogens with one attached hydrogen (secondary N) is 1. The summed E-state index contributed by atoms with van der Waals surface area (Å²) in [4.78, 5) is 8.32. The Labute approximate surface area is 109 Å². The zero-order valence-electron chi connectivity index (χ0n) is 11.5. The van der Waals surface area contributed by atoms with E-state index in [4.69, 9.17) is 4.74 Å². The molecule has 1 saturated carbocycles. The lowest BCUT2D eigenvalue weighted by atomic mass is 9.82. The Hall–Kier alpha value is -1.16. The highest BCUT2D eigenvalue weighted by molar-refractivity contribution is 5.22. The highest BCUT2D eigenvalue weighted by atomic mass is 16.5. The van der Waals surface area contributed by atoms with Gasteiger partial charge in [0, 0.05) is 18.3 Å². The van der Waals surface area contributed by atoms with Crippen molar-refractivity contribution in [1.82, 2.24) is 15.3 Å². The normalized spacial score (nSPS) is 28.1. The fourth-order valence-corrected chi connectivity index (χ4v) is 2.89. The molecule has 1 aromatic rings. The average molecular weight is 249 g/mol. The second-order valence-electron chi connectivity index (χ2n) is 5.54. The van der Waals surface area contributed by atoms with Crippen LogP contribution in [-0.4, -0.2) is 23.1 Å². The number of ether oxygens (including phenoxy) is 1. The van der Waals surface area contributed by atoms with Gasteiger partial charge in [-0.25, -0.2) is 9.97 Å². The minimum Gasteiger partial charge on any atom is -0.474 e. The highest BCUT2D eigenvalue weighted by Crippen LogP contribution is 2.31. The Morgan fingerprint density at radius 2 is 2.00 bits per heavy atom. The first kappa shape index (κ1) is 13.3. The molecule has 4 heteroatoms. The van der Waals surface area contributed by atoms with E-state index in [1.807, 2.05) is 13.2 Å².